The zero-order valence-corrected chi connectivity index (χ0v) is 19.8. The van der Waals surface area contributed by atoms with Gasteiger partial charge in [-0.3, -0.25) is 0 Å². The van der Waals surface area contributed by atoms with Crippen molar-refractivity contribution in [2.45, 2.75) is 78.1 Å². The fourth-order valence-electron chi connectivity index (χ4n) is 5.42. The van der Waals surface area contributed by atoms with Crippen LogP contribution in [0.5, 0.6) is 0 Å². The van der Waals surface area contributed by atoms with E-state index in [9.17, 15) is 0 Å². The zero-order chi connectivity index (χ0) is 21.6. The van der Waals surface area contributed by atoms with Crippen molar-refractivity contribution in [2.75, 3.05) is 0 Å². The minimum absolute atomic E-state index is 0.184. The van der Waals surface area contributed by atoms with Gasteiger partial charge in [-0.1, -0.05) is 91.8 Å². The Morgan fingerprint density at radius 1 is 0.467 bits per heavy atom. The molecule has 2 unspecified atom stereocenters. The van der Waals surface area contributed by atoms with Crippen molar-refractivity contribution in [1.82, 2.24) is 0 Å². The van der Waals surface area contributed by atoms with Crippen molar-refractivity contribution in [2.24, 2.45) is 0 Å². The predicted octanol–water partition coefficient (Wildman–Crippen LogP) is 8.55. The molecule has 0 heterocycles. The minimum Gasteiger partial charge on any atom is -0.0579 e. The molecule has 0 fully saturated rings. The van der Waals surface area contributed by atoms with E-state index in [0.717, 1.165) is 0 Å². The minimum atomic E-state index is 0.184. The molecular formula is C30H34. The summed E-state index contributed by atoms with van der Waals surface area (Å²) >= 11 is 0. The monoisotopic (exact) mass is 394 g/mol. The van der Waals surface area contributed by atoms with Crippen LogP contribution in [0.3, 0.4) is 0 Å². The van der Waals surface area contributed by atoms with E-state index in [1.165, 1.54) is 55.6 Å². The van der Waals surface area contributed by atoms with Crippen LogP contribution >= 0.6 is 0 Å². The van der Waals surface area contributed by atoms with Crippen molar-refractivity contribution < 1.29 is 0 Å². The molecule has 0 nitrogen and oxygen atoms in total. The van der Waals surface area contributed by atoms with Crippen LogP contribution < -0.4 is 0 Å². The third-order valence-corrected chi connectivity index (χ3v) is 7.50. The van der Waals surface area contributed by atoms with Gasteiger partial charge in [-0.15, -0.1) is 0 Å². The Labute approximate surface area is 182 Å². The van der Waals surface area contributed by atoms with Crippen LogP contribution in [-0.2, 0) is 10.8 Å². The summed E-state index contributed by atoms with van der Waals surface area (Å²) in [5, 5.41) is 0. The molecular weight excluding hydrogens is 360 g/mol. The van der Waals surface area contributed by atoms with Gasteiger partial charge in [0.05, 0.1) is 0 Å². The molecule has 0 spiro atoms. The van der Waals surface area contributed by atoms with Gasteiger partial charge >= 0.3 is 0 Å². The molecule has 154 valence electrons. The number of benzene rings is 3. The molecule has 0 aromatic heterocycles. The lowest BCUT2D eigenvalue weighted by Crippen LogP contribution is -2.11. The van der Waals surface area contributed by atoms with E-state index in [2.05, 4.69) is 104 Å². The highest BCUT2D eigenvalue weighted by Crippen LogP contribution is 2.53. The average molecular weight is 395 g/mol. The Bertz CT molecular complexity index is 1080. The number of hydrogen-bond donors (Lipinski definition) is 0. The van der Waals surface area contributed by atoms with Gasteiger partial charge in [-0.05, 0) is 78.6 Å². The van der Waals surface area contributed by atoms with Gasteiger partial charge in [-0.2, -0.15) is 0 Å². The second-order valence-electron chi connectivity index (χ2n) is 11.6. The molecule has 0 amide bonds. The molecule has 0 saturated heterocycles. The summed E-state index contributed by atoms with van der Waals surface area (Å²) in [6.07, 6.45) is 0. The van der Waals surface area contributed by atoms with Crippen LogP contribution in [0.4, 0.5) is 0 Å². The summed E-state index contributed by atoms with van der Waals surface area (Å²) < 4.78 is 0. The molecule has 0 heteroatoms. The summed E-state index contributed by atoms with van der Waals surface area (Å²) in [6, 6.07) is 19.3. The van der Waals surface area contributed by atoms with E-state index in [1.54, 1.807) is 0 Å². The van der Waals surface area contributed by atoms with Gasteiger partial charge in [0.25, 0.3) is 0 Å². The number of fused-ring (bicyclic) bond motifs is 6. The summed E-state index contributed by atoms with van der Waals surface area (Å²) in [4.78, 5) is 0. The number of rotatable bonds is 0. The van der Waals surface area contributed by atoms with E-state index in [4.69, 9.17) is 0 Å². The van der Waals surface area contributed by atoms with E-state index >= 15 is 0 Å². The molecule has 30 heavy (non-hydrogen) atoms. The summed E-state index contributed by atoms with van der Waals surface area (Å²) in [6.45, 7) is 18.6. The lowest BCUT2D eigenvalue weighted by Gasteiger charge is -2.21. The summed E-state index contributed by atoms with van der Waals surface area (Å²) in [7, 11) is 0. The molecule has 0 radical (unpaired) electrons. The van der Waals surface area contributed by atoms with Crippen molar-refractivity contribution in [3.63, 3.8) is 0 Å². The summed E-state index contributed by atoms with van der Waals surface area (Å²) in [5.41, 5.74) is 15.0. The molecule has 3 aromatic rings. The molecule has 3 aromatic carbocycles. The molecule has 2 aliphatic carbocycles. The molecule has 0 N–H and O–H groups in total. The third kappa shape index (κ3) is 2.73. The van der Waals surface area contributed by atoms with Crippen LogP contribution in [0.15, 0.2) is 48.5 Å². The van der Waals surface area contributed by atoms with Gasteiger partial charge in [0, 0.05) is 11.8 Å². The van der Waals surface area contributed by atoms with Crippen LogP contribution in [0.2, 0.25) is 0 Å². The van der Waals surface area contributed by atoms with Crippen molar-refractivity contribution in [3.05, 3.63) is 81.9 Å². The Morgan fingerprint density at radius 3 is 1.13 bits per heavy atom. The van der Waals surface area contributed by atoms with E-state index < -0.39 is 0 Å². The van der Waals surface area contributed by atoms with Crippen LogP contribution in [-0.4, -0.2) is 0 Å². The van der Waals surface area contributed by atoms with E-state index in [-0.39, 0.29) is 10.8 Å². The van der Waals surface area contributed by atoms with E-state index in [0.29, 0.717) is 11.8 Å². The first-order valence-corrected chi connectivity index (χ1v) is 11.4. The van der Waals surface area contributed by atoms with Crippen molar-refractivity contribution in [3.8, 4) is 22.3 Å². The maximum absolute atomic E-state index is 2.51. The standard InChI is InChI=1S/C30H34/c1-17-23-13-19(29(3,4)5)9-11-21(23)27-16-26-18(2)24-14-20(30(6,7)8)10-12-22(24)28(26)15-25(17)27/h9-18H,1-8H3. The SMILES string of the molecule is CC1c2cc(C(C)(C)C)ccc2-c2cc3c(cc21)-c1ccc(C(C)(C)C)cc1C3C. The fourth-order valence-corrected chi connectivity index (χ4v) is 5.42. The van der Waals surface area contributed by atoms with E-state index in [1.807, 2.05) is 0 Å². The quantitative estimate of drug-likeness (QED) is 0.358. The van der Waals surface area contributed by atoms with Gasteiger partial charge in [0.2, 0.25) is 0 Å². The average Bonchev–Trinajstić information content (AvgIpc) is 3.11. The lowest BCUT2D eigenvalue weighted by atomic mass is 9.84. The number of hydrogen-bond acceptors (Lipinski definition) is 0. The second-order valence-corrected chi connectivity index (χ2v) is 11.6. The molecule has 0 saturated carbocycles. The molecule has 2 aliphatic rings. The lowest BCUT2D eigenvalue weighted by molar-refractivity contribution is 0.589. The van der Waals surface area contributed by atoms with Crippen molar-refractivity contribution >= 4 is 0 Å². The maximum Gasteiger partial charge on any atom is 0.00736 e. The van der Waals surface area contributed by atoms with Gasteiger partial charge in [0.1, 0.15) is 0 Å². The van der Waals surface area contributed by atoms with Crippen molar-refractivity contribution in [1.29, 1.82) is 0 Å². The van der Waals surface area contributed by atoms with Crippen LogP contribution in [0.25, 0.3) is 22.3 Å². The highest BCUT2D eigenvalue weighted by molar-refractivity contribution is 5.87. The smallest absolute Gasteiger partial charge is 0.00736 e. The Hall–Kier alpha value is -2.34. The molecule has 2 atom stereocenters. The first-order chi connectivity index (χ1) is 14.0. The zero-order valence-electron chi connectivity index (χ0n) is 19.8. The Balaban J connectivity index is 1.65. The predicted molar refractivity (Wildman–Crippen MR) is 130 cm³/mol. The van der Waals surface area contributed by atoms with Gasteiger partial charge in [-0.25, -0.2) is 0 Å². The van der Waals surface area contributed by atoms with Gasteiger partial charge < -0.3 is 0 Å². The van der Waals surface area contributed by atoms with Crippen LogP contribution in [0.1, 0.15) is 101 Å². The molecule has 0 aliphatic heterocycles. The maximum atomic E-state index is 2.51. The first kappa shape index (κ1) is 19.6. The molecule has 5 rings (SSSR count). The summed E-state index contributed by atoms with van der Waals surface area (Å²) in [5.74, 6) is 0.909. The Morgan fingerprint density at radius 2 is 0.800 bits per heavy atom. The topological polar surface area (TPSA) is 0 Å². The fraction of sp³-hybridized carbons (Fsp3) is 0.400. The highest BCUT2D eigenvalue weighted by Gasteiger charge is 2.33. The second kappa shape index (κ2) is 6.10. The molecule has 0 bridgehead atoms. The Kier molecular flexibility index (Phi) is 3.99. The van der Waals surface area contributed by atoms with Gasteiger partial charge in [0.15, 0.2) is 0 Å². The highest BCUT2D eigenvalue weighted by atomic mass is 14.4. The normalized spacial score (nSPS) is 19.3. The first-order valence-electron chi connectivity index (χ1n) is 11.4. The largest absolute Gasteiger partial charge is 0.0579 e. The third-order valence-electron chi connectivity index (χ3n) is 7.50. The van der Waals surface area contributed by atoms with Crippen LogP contribution in [0, 0.1) is 0 Å².